The third kappa shape index (κ3) is 2.04. The smallest absolute Gasteiger partial charge is 0.266 e. The van der Waals surface area contributed by atoms with E-state index >= 15 is 0 Å². The van der Waals surface area contributed by atoms with Crippen molar-refractivity contribution in [3.63, 3.8) is 0 Å². The van der Waals surface area contributed by atoms with Crippen LogP contribution in [0, 0.1) is 4.77 Å². The molecule has 1 aromatic heterocycles. The van der Waals surface area contributed by atoms with E-state index in [4.69, 9.17) is 12.2 Å². The number of halogens is 1. The fourth-order valence-corrected chi connectivity index (χ4v) is 1.55. The second-order valence-electron chi connectivity index (χ2n) is 2.45. The Bertz CT molecular complexity index is 382. The number of H-pyrrole nitrogens is 2. The van der Waals surface area contributed by atoms with E-state index in [2.05, 4.69) is 25.9 Å². The van der Waals surface area contributed by atoms with E-state index in [1.165, 1.54) is 0 Å². The monoisotopic (exact) mass is 248 g/mol. The summed E-state index contributed by atoms with van der Waals surface area (Å²) >= 11 is 8.02. The maximum absolute atomic E-state index is 11.1. The van der Waals surface area contributed by atoms with Crippen molar-refractivity contribution in [3.05, 3.63) is 25.3 Å². The Balaban J connectivity index is 3.28. The van der Waals surface area contributed by atoms with Crippen LogP contribution in [0.4, 0.5) is 0 Å². The maximum Gasteiger partial charge on any atom is 0.266 e. The maximum atomic E-state index is 11.1. The van der Waals surface area contributed by atoms with E-state index in [0.717, 1.165) is 18.5 Å². The summed E-state index contributed by atoms with van der Waals surface area (Å²) in [5.74, 6) is 0. The third-order valence-electron chi connectivity index (χ3n) is 1.46. The van der Waals surface area contributed by atoms with Crippen molar-refractivity contribution in [1.82, 2.24) is 9.97 Å². The predicted molar refractivity (Wildman–Crippen MR) is 53.9 cm³/mol. The number of aryl methyl sites for hydroxylation is 1. The first-order chi connectivity index (χ1) is 5.65. The number of aromatic amines is 2. The number of rotatable bonds is 2. The molecular formula is C7H9BrN2OS. The first-order valence-corrected chi connectivity index (χ1v) is 4.86. The van der Waals surface area contributed by atoms with Gasteiger partial charge in [-0.05, 0) is 34.6 Å². The third-order valence-corrected chi connectivity index (χ3v) is 2.50. The largest absolute Gasteiger partial charge is 0.335 e. The highest BCUT2D eigenvalue weighted by molar-refractivity contribution is 9.10. The van der Waals surface area contributed by atoms with Crippen LogP contribution in [0.15, 0.2) is 9.27 Å². The number of nitrogens with one attached hydrogen (secondary N) is 2. The van der Waals surface area contributed by atoms with E-state index in [1.54, 1.807) is 0 Å². The van der Waals surface area contributed by atoms with E-state index in [-0.39, 0.29) is 5.56 Å². The minimum Gasteiger partial charge on any atom is -0.335 e. The molecule has 0 aliphatic carbocycles. The fraction of sp³-hybridized carbons (Fsp3) is 0.429. The van der Waals surface area contributed by atoms with Crippen LogP contribution in [0.1, 0.15) is 19.0 Å². The van der Waals surface area contributed by atoms with Gasteiger partial charge in [-0.3, -0.25) is 9.78 Å². The van der Waals surface area contributed by atoms with Crippen LogP contribution in [-0.4, -0.2) is 9.97 Å². The van der Waals surface area contributed by atoms with E-state index < -0.39 is 0 Å². The van der Waals surface area contributed by atoms with Gasteiger partial charge in [-0.2, -0.15) is 0 Å². The van der Waals surface area contributed by atoms with Gasteiger partial charge in [-0.25, -0.2) is 0 Å². The Morgan fingerprint density at radius 1 is 1.50 bits per heavy atom. The quantitative estimate of drug-likeness (QED) is 0.789. The average molecular weight is 249 g/mol. The Morgan fingerprint density at radius 3 is 2.75 bits per heavy atom. The summed E-state index contributed by atoms with van der Waals surface area (Å²) in [6.45, 7) is 2.05. The normalized spacial score (nSPS) is 10.2. The molecule has 12 heavy (non-hydrogen) atoms. The molecule has 0 radical (unpaired) electrons. The highest BCUT2D eigenvalue weighted by atomic mass is 79.9. The summed E-state index contributed by atoms with van der Waals surface area (Å²) < 4.78 is 0.935. The molecule has 0 unspecified atom stereocenters. The number of hydrogen-bond acceptors (Lipinski definition) is 2. The van der Waals surface area contributed by atoms with E-state index in [0.29, 0.717) is 9.24 Å². The molecule has 0 amide bonds. The van der Waals surface area contributed by atoms with Crippen molar-refractivity contribution >= 4 is 28.1 Å². The van der Waals surface area contributed by atoms with Gasteiger partial charge in [0.2, 0.25) is 0 Å². The van der Waals surface area contributed by atoms with Gasteiger partial charge >= 0.3 is 0 Å². The minimum absolute atomic E-state index is 0.165. The molecule has 0 atom stereocenters. The Labute approximate surface area is 83.4 Å². The molecule has 0 fully saturated rings. The van der Waals surface area contributed by atoms with Gasteiger partial charge in [0.15, 0.2) is 4.77 Å². The Morgan fingerprint density at radius 2 is 2.17 bits per heavy atom. The van der Waals surface area contributed by atoms with Gasteiger partial charge in [0, 0.05) is 5.69 Å². The van der Waals surface area contributed by atoms with E-state index in [1.807, 2.05) is 6.92 Å². The first-order valence-electron chi connectivity index (χ1n) is 3.66. The molecule has 2 N–H and O–H groups in total. The highest BCUT2D eigenvalue weighted by Crippen LogP contribution is 2.09. The van der Waals surface area contributed by atoms with Crippen molar-refractivity contribution in [2.24, 2.45) is 0 Å². The summed E-state index contributed by atoms with van der Waals surface area (Å²) in [6.07, 6.45) is 1.81. The van der Waals surface area contributed by atoms with Crippen LogP contribution < -0.4 is 5.56 Å². The molecule has 1 rings (SSSR count). The van der Waals surface area contributed by atoms with Gasteiger partial charge < -0.3 is 4.98 Å². The Hall–Kier alpha value is -0.420. The van der Waals surface area contributed by atoms with Gasteiger partial charge in [-0.15, -0.1) is 0 Å². The lowest BCUT2D eigenvalue weighted by molar-refractivity contribution is 0.852. The van der Waals surface area contributed by atoms with Gasteiger partial charge in [0.05, 0.1) is 0 Å². The molecule has 0 aliphatic rings. The van der Waals surface area contributed by atoms with Crippen LogP contribution >= 0.6 is 28.1 Å². The molecular weight excluding hydrogens is 240 g/mol. The molecule has 1 aromatic rings. The molecule has 0 saturated carbocycles. The average Bonchev–Trinajstić information content (AvgIpc) is 2.00. The molecule has 0 aromatic carbocycles. The minimum atomic E-state index is -0.165. The van der Waals surface area contributed by atoms with Crippen molar-refractivity contribution in [1.29, 1.82) is 0 Å². The molecule has 0 aliphatic heterocycles. The zero-order chi connectivity index (χ0) is 9.14. The fourth-order valence-electron chi connectivity index (χ4n) is 0.940. The summed E-state index contributed by atoms with van der Waals surface area (Å²) in [5, 5.41) is 0. The standard InChI is InChI=1S/C7H9BrN2OS/c1-2-3-4-5(8)6(11)10-7(12)9-4/h2-3H2,1H3,(H2,9,10,11,12). The Kier molecular flexibility index (Phi) is 3.22. The van der Waals surface area contributed by atoms with E-state index in [9.17, 15) is 4.79 Å². The van der Waals surface area contributed by atoms with Gasteiger partial charge in [-0.1, -0.05) is 13.3 Å². The van der Waals surface area contributed by atoms with Crippen molar-refractivity contribution in [2.75, 3.05) is 0 Å². The molecule has 66 valence electrons. The molecule has 5 heteroatoms. The summed E-state index contributed by atoms with van der Waals surface area (Å²) in [6, 6.07) is 0. The van der Waals surface area contributed by atoms with Crippen LogP contribution in [0.3, 0.4) is 0 Å². The topological polar surface area (TPSA) is 48.6 Å². The van der Waals surface area contributed by atoms with Gasteiger partial charge in [0.1, 0.15) is 4.47 Å². The molecule has 0 saturated heterocycles. The summed E-state index contributed by atoms with van der Waals surface area (Å²) in [7, 11) is 0. The van der Waals surface area contributed by atoms with Crippen LogP contribution in [-0.2, 0) is 6.42 Å². The number of hydrogen-bond donors (Lipinski definition) is 2. The lowest BCUT2D eigenvalue weighted by Crippen LogP contribution is -2.11. The molecule has 3 nitrogen and oxygen atoms in total. The zero-order valence-corrected chi connectivity index (χ0v) is 9.01. The van der Waals surface area contributed by atoms with Crippen LogP contribution in [0.25, 0.3) is 0 Å². The highest BCUT2D eigenvalue weighted by Gasteiger charge is 2.02. The van der Waals surface area contributed by atoms with Crippen LogP contribution in [0.2, 0.25) is 0 Å². The number of aromatic nitrogens is 2. The molecule has 0 spiro atoms. The van der Waals surface area contributed by atoms with Crippen LogP contribution in [0.5, 0.6) is 0 Å². The van der Waals surface area contributed by atoms with Crippen molar-refractivity contribution in [2.45, 2.75) is 19.8 Å². The van der Waals surface area contributed by atoms with Crippen molar-refractivity contribution < 1.29 is 0 Å². The second kappa shape index (κ2) is 4.00. The summed E-state index contributed by atoms with van der Waals surface area (Å²) in [5.41, 5.74) is 0.702. The lowest BCUT2D eigenvalue weighted by Gasteiger charge is -2.00. The van der Waals surface area contributed by atoms with Crippen molar-refractivity contribution in [3.8, 4) is 0 Å². The molecule has 0 bridgehead atoms. The first kappa shape index (κ1) is 9.67. The molecule has 1 heterocycles. The zero-order valence-electron chi connectivity index (χ0n) is 6.61. The second-order valence-corrected chi connectivity index (χ2v) is 3.65. The summed E-state index contributed by atoms with van der Waals surface area (Å²) in [4.78, 5) is 16.6. The van der Waals surface area contributed by atoms with Gasteiger partial charge in [0.25, 0.3) is 5.56 Å². The predicted octanol–water partition coefficient (Wildman–Crippen LogP) is 2.15. The SMILES string of the molecule is CCCc1[nH]c(=S)[nH]c(=O)c1Br. The lowest BCUT2D eigenvalue weighted by atomic mass is 10.2.